The minimum Gasteiger partial charge on any atom is -0.493 e. The fraction of sp³-hybridized carbons (Fsp3) is 0.562. The number of methoxy groups -OCH3 is 2. The van der Waals surface area contributed by atoms with E-state index in [1.807, 2.05) is 12.1 Å². The van der Waals surface area contributed by atoms with E-state index < -0.39 is 0 Å². The molecule has 1 atom stereocenters. The highest BCUT2D eigenvalue weighted by molar-refractivity contribution is 5.81. The summed E-state index contributed by atoms with van der Waals surface area (Å²) < 4.78 is 10.7. The van der Waals surface area contributed by atoms with E-state index in [0.717, 1.165) is 23.6 Å². The number of nitrogens with two attached hydrogens (primary N) is 1. The molecule has 1 aromatic carbocycles. The van der Waals surface area contributed by atoms with Crippen molar-refractivity contribution in [2.24, 2.45) is 16.6 Å². The van der Waals surface area contributed by atoms with Gasteiger partial charge in [-0.25, -0.2) is 0 Å². The van der Waals surface area contributed by atoms with Crippen molar-refractivity contribution in [1.29, 1.82) is 0 Å². The molecule has 0 radical (unpaired) electrons. The van der Waals surface area contributed by atoms with Gasteiger partial charge >= 0.3 is 0 Å². The average Bonchev–Trinajstić information content (AvgIpc) is 2.75. The van der Waals surface area contributed by atoms with Crippen LogP contribution in [-0.2, 0) is 5.54 Å². The first kappa shape index (κ1) is 15.5. The second kappa shape index (κ2) is 5.84. The van der Waals surface area contributed by atoms with E-state index in [0.29, 0.717) is 18.4 Å². The van der Waals surface area contributed by atoms with Gasteiger partial charge in [0.1, 0.15) is 0 Å². The molecule has 5 nitrogen and oxygen atoms in total. The fourth-order valence-electron chi connectivity index (χ4n) is 2.74. The lowest BCUT2D eigenvalue weighted by Gasteiger charge is -2.38. The summed E-state index contributed by atoms with van der Waals surface area (Å²) >= 11 is 0. The minimum absolute atomic E-state index is 0.242. The summed E-state index contributed by atoms with van der Waals surface area (Å²) in [5.41, 5.74) is 6.97. The smallest absolute Gasteiger partial charge is 0.192 e. The number of benzene rings is 1. The van der Waals surface area contributed by atoms with Gasteiger partial charge in [0.15, 0.2) is 17.5 Å². The van der Waals surface area contributed by atoms with Crippen molar-refractivity contribution >= 4 is 5.96 Å². The van der Waals surface area contributed by atoms with E-state index in [1.54, 1.807) is 14.2 Å². The van der Waals surface area contributed by atoms with E-state index in [4.69, 9.17) is 15.2 Å². The number of aliphatic imine (C=N–C) groups is 1. The van der Waals surface area contributed by atoms with Gasteiger partial charge in [0.25, 0.3) is 0 Å². The average molecular weight is 291 g/mol. The second-order valence-electron chi connectivity index (χ2n) is 6.02. The molecule has 1 aliphatic rings. The Bertz CT molecular complexity index is 542. The third-order valence-electron chi connectivity index (χ3n) is 3.97. The van der Waals surface area contributed by atoms with Crippen LogP contribution in [0.15, 0.2) is 23.2 Å². The molecule has 1 heterocycles. The van der Waals surface area contributed by atoms with Crippen LogP contribution in [0.5, 0.6) is 11.5 Å². The van der Waals surface area contributed by atoms with Crippen molar-refractivity contribution in [2.75, 3.05) is 27.3 Å². The molecule has 0 bridgehead atoms. The van der Waals surface area contributed by atoms with Crippen molar-refractivity contribution in [3.63, 3.8) is 0 Å². The van der Waals surface area contributed by atoms with Crippen LogP contribution in [0, 0.1) is 5.92 Å². The Kier molecular flexibility index (Phi) is 4.30. The molecule has 5 heteroatoms. The summed E-state index contributed by atoms with van der Waals surface area (Å²) in [5, 5.41) is 0. The van der Waals surface area contributed by atoms with Gasteiger partial charge in [0.05, 0.1) is 26.3 Å². The quantitative estimate of drug-likeness (QED) is 0.903. The standard InChI is InChI=1S/C16H25N3O2/c1-11(2)9-19-15(17)18-10-16(19,3)12-6-7-13(20-4)14(8-12)21-5/h6-8,11H,9-10H2,1-5H3,(H2,17,18). The monoisotopic (exact) mass is 291 g/mol. The highest BCUT2D eigenvalue weighted by atomic mass is 16.5. The molecule has 116 valence electrons. The molecule has 0 saturated carbocycles. The number of rotatable bonds is 5. The van der Waals surface area contributed by atoms with Gasteiger partial charge in [-0.3, -0.25) is 4.99 Å². The van der Waals surface area contributed by atoms with Crippen molar-refractivity contribution in [1.82, 2.24) is 4.90 Å². The van der Waals surface area contributed by atoms with E-state index >= 15 is 0 Å². The number of nitrogens with zero attached hydrogens (tertiary/aromatic N) is 2. The summed E-state index contributed by atoms with van der Waals surface area (Å²) in [6, 6.07) is 6.00. The van der Waals surface area contributed by atoms with Gasteiger partial charge in [-0.1, -0.05) is 19.9 Å². The lowest BCUT2D eigenvalue weighted by Crippen LogP contribution is -2.49. The van der Waals surface area contributed by atoms with Crippen LogP contribution in [-0.4, -0.2) is 38.2 Å². The Hall–Kier alpha value is -1.91. The maximum Gasteiger partial charge on any atom is 0.192 e. The van der Waals surface area contributed by atoms with Crippen LogP contribution in [0.4, 0.5) is 0 Å². The first-order chi connectivity index (χ1) is 9.92. The molecule has 2 N–H and O–H groups in total. The predicted octanol–water partition coefficient (Wildman–Crippen LogP) is 2.21. The van der Waals surface area contributed by atoms with Gasteiger partial charge in [-0.05, 0) is 30.5 Å². The normalized spacial score (nSPS) is 21.6. The van der Waals surface area contributed by atoms with Crippen LogP contribution in [0.25, 0.3) is 0 Å². The van der Waals surface area contributed by atoms with Crippen molar-refractivity contribution in [2.45, 2.75) is 26.3 Å². The zero-order valence-electron chi connectivity index (χ0n) is 13.5. The largest absolute Gasteiger partial charge is 0.493 e. The van der Waals surface area contributed by atoms with Gasteiger partial charge in [-0.15, -0.1) is 0 Å². The summed E-state index contributed by atoms with van der Waals surface area (Å²) in [6.45, 7) is 8.06. The zero-order valence-corrected chi connectivity index (χ0v) is 13.5. The molecule has 1 unspecified atom stereocenters. The third kappa shape index (κ3) is 2.77. The minimum atomic E-state index is -0.242. The van der Waals surface area contributed by atoms with Crippen LogP contribution < -0.4 is 15.2 Å². The van der Waals surface area contributed by atoms with Crippen LogP contribution >= 0.6 is 0 Å². The molecular formula is C16H25N3O2. The molecule has 0 fully saturated rings. The van der Waals surface area contributed by atoms with Gasteiger partial charge in [-0.2, -0.15) is 0 Å². The maximum absolute atomic E-state index is 6.09. The lowest BCUT2D eigenvalue weighted by atomic mass is 9.90. The highest BCUT2D eigenvalue weighted by Gasteiger charge is 2.40. The second-order valence-corrected chi connectivity index (χ2v) is 6.02. The van der Waals surface area contributed by atoms with Crippen molar-refractivity contribution in [3.8, 4) is 11.5 Å². The Labute approximate surface area is 126 Å². The van der Waals surface area contributed by atoms with Crippen molar-refractivity contribution in [3.05, 3.63) is 23.8 Å². The van der Waals surface area contributed by atoms with Crippen LogP contribution in [0.2, 0.25) is 0 Å². The number of guanidine groups is 1. The van der Waals surface area contributed by atoms with E-state index in [1.165, 1.54) is 0 Å². The predicted molar refractivity (Wildman–Crippen MR) is 84.9 cm³/mol. The molecule has 1 aromatic rings. The SMILES string of the molecule is COc1ccc(C2(C)CN=C(N)N2CC(C)C)cc1OC. The topological polar surface area (TPSA) is 60.1 Å². The molecule has 1 aliphatic heterocycles. The summed E-state index contributed by atoms with van der Waals surface area (Å²) in [7, 11) is 3.29. The third-order valence-corrected chi connectivity index (χ3v) is 3.97. The first-order valence-electron chi connectivity index (χ1n) is 7.22. The molecule has 0 saturated heterocycles. The van der Waals surface area contributed by atoms with Crippen LogP contribution in [0.3, 0.4) is 0 Å². The Morgan fingerprint density at radius 3 is 2.52 bits per heavy atom. The molecule has 0 aromatic heterocycles. The fourth-order valence-corrected chi connectivity index (χ4v) is 2.74. The molecule has 21 heavy (non-hydrogen) atoms. The lowest BCUT2D eigenvalue weighted by molar-refractivity contribution is 0.203. The molecule has 0 amide bonds. The number of hydrogen-bond acceptors (Lipinski definition) is 5. The van der Waals surface area contributed by atoms with E-state index in [2.05, 4.69) is 36.7 Å². The van der Waals surface area contributed by atoms with Gasteiger partial charge in [0, 0.05) is 6.54 Å². The van der Waals surface area contributed by atoms with Crippen LogP contribution in [0.1, 0.15) is 26.3 Å². The molecule has 2 rings (SSSR count). The first-order valence-corrected chi connectivity index (χ1v) is 7.22. The molecule has 0 aliphatic carbocycles. The highest BCUT2D eigenvalue weighted by Crippen LogP contribution is 2.37. The van der Waals surface area contributed by atoms with E-state index in [-0.39, 0.29) is 5.54 Å². The number of hydrogen-bond donors (Lipinski definition) is 1. The molecular weight excluding hydrogens is 266 g/mol. The van der Waals surface area contributed by atoms with Crippen molar-refractivity contribution < 1.29 is 9.47 Å². The Balaban J connectivity index is 2.39. The van der Waals surface area contributed by atoms with E-state index in [9.17, 15) is 0 Å². The zero-order chi connectivity index (χ0) is 15.6. The molecule has 0 spiro atoms. The Morgan fingerprint density at radius 2 is 1.95 bits per heavy atom. The van der Waals surface area contributed by atoms with Gasteiger partial charge in [0.2, 0.25) is 0 Å². The number of ether oxygens (including phenoxy) is 2. The van der Waals surface area contributed by atoms with Gasteiger partial charge < -0.3 is 20.1 Å². The maximum atomic E-state index is 6.09. The summed E-state index contributed by atoms with van der Waals surface area (Å²) in [5.74, 6) is 2.58. The Morgan fingerprint density at radius 1 is 1.29 bits per heavy atom. The summed E-state index contributed by atoms with van der Waals surface area (Å²) in [6.07, 6.45) is 0. The summed E-state index contributed by atoms with van der Waals surface area (Å²) in [4.78, 5) is 6.63.